The van der Waals surface area contributed by atoms with Gasteiger partial charge in [-0.3, -0.25) is 0 Å². The Kier molecular flexibility index (Phi) is 3.33. The molecule has 2 aromatic rings. The topological polar surface area (TPSA) is 114 Å². The van der Waals surface area contributed by atoms with Crippen molar-refractivity contribution in [1.82, 2.24) is 20.1 Å². The molecule has 8 nitrogen and oxygen atoms in total. The fourth-order valence-corrected chi connectivity index (χ4v) is 2.09. The van der Waals surface area contributed by atoms with E-state index in [-0.39, 0.29) is 11.9 Å². The SMILES string of the molecule is CC(O)c1noc(-c2cnc(N3CCC(N)C3)nc2)n1. The number of anilines is 1. The molecule has 0 saturated carbocycles. The van der Waals surface area contributed by atoms with Gasteiger partial charge in [-0.2, -0.15) is 4.98 Å². The minimum Gasteiger partial charge on any atom is -0.385 e. The third kappa shape index (κ3) is 2.47. The number of hydrogen-bond acceptors (Lipinski definition) is 8. The molecule has 0 spiro atoms. The van der Waals surface area contributed by atoms with Gasteiger partial charge in [0, 0.05) is 31.5 Å². The fourth-order valence-electron chi connectivity index (χ4n) is 2.09. The Balaban J connectivity index is 1.78. The predicted molar refractivity (Wildman–Crippen MR) is 70.8 cm³/mol. The molecule has 2 unspecified atom stereocenters. The highest BCUT2D eigenvalue weighted by molar-refractivity contribution is 5.51. The average molecular weight is 276 g/mol. The molecule has 2 aromatic heterocycles. The van der Waals surface area contributed by atoms with E-state index in [1.165, 1.54) is 0 Å². The maximum atomic E-state index is 9.36. The largest absolute Gasteiger partial charge is 0.385 e. The molecule has 1 fully saturated rings. The summed E-state index contributed by atoms with van der Waals surface area (Å²) >= 11 is 0. The van der Waals surface area contributed by atoms with Crippen LogP contribution in [0.25, 0.3) is 11.5 Å². The van der Waals surface area contributed by atoms with Crippen LogP contribution >= 0.6 is 0 Å². The van der Waals surface area contributed by atoms with E-state index in [0.29, 0.717) is 17.4 Å². The lowest BCUT2D eigenvalue weighted by Crippen LogP contribution is -2.27. The number of aliphatic hydroxyl groups excluding tert-OH is 1. The van der Waals surface area contributed by atoms with Crippen LogP contribution in [0.5, 0.6) is 0 Å². The van der Waals surface area contributed by atoms with Gasteiger partial charge in [-0.25, -0.2) is 9.97 Å². The van der Waals surface area contributed by atoms with Gasteiger partial charge in [-0.1, -0.05) is 5.16 Å². The maximum Gasteiger partial charge on any atom is 0.261 e. The lowest BCUT2D eigenvalue weighted by atomic mass is 10.3. The molecular formula is C12H16N6O2. The molecule has 8 heteroatoms. The van der Waals surface area contributed by atoms with Crippen LogP contribution in [0.3, 0.4) is 0 Å². The van der Waals surface area contributed by atoms with Crippen molar-refractivity contribution in [3.8, 4) is 11.5 Å². The van der Waals surface area contributed by atoms with Gasteiger partial charge in [-0.15, -0.1) is 0 Å². The van der Waals surface area contributed by atoms with Crippen molar-refractivity contribution in [1.29, 1.82) is 0 Å². The fraction of sp³-hybridized carbons (Fsp3) is 0.500. The second kappa shape index (κ2) is 5.14. The zero-order chi connectivity index (χ0) is 14.1. The molecule has 20 heavy (non-hydrogen) atoms. The van der Waals surface area contributed by atoms with Crippen molar-refractivity contribution < 1.29 is 9.63 Å². The number of nitrogens with two attached hydrogens (primary N) is 1. The first-order chi connectivity index (χ1) is 9.63. The summed E-state index contributed by atoms with van der Waals surface area (Å²) in [7, 11) is 0. The number of aromatic nitrogens is 4. The van der Waals surface area contributed by atoms with Crippen LogP contribution in [0, 0.1) is 0 Å². The summed E-state index contributed by atoms with van der Waals surface area (Å²) in [5.41, 5.74) is 6.48. The number of nitrogens with zero attached hydrogens (tertiary/aromatic N) is 5. The Morgan fingerprint density at radius 2 is 2.20 bits per heavy atom. The van der Waals surface area contributed by atoms with Gasteiger partial charge in [0.05, 0.1) is 5.56 Å². The van der Waals surface area contributed by atoms with Crippen LogP contribution in [0.2, 0.25) is 0 Å². The van der Waals surface area contributed by atoms with Crippen molar-refractivity contribution >= 4 is 5.95 Å². The minimum atomic E-state index is -0.765. The highest BCUT2D eigenvalue weighted by Crippen LogP contribution is 2.20. The number of rotatable bonds is 3. The molecule has 0 bridgehead atoms. The van der Waals surface area contributed by atoms with Crippen molar-refractivity contribution in [3.05, 3.63) is 18.2 Å². The van der Waals surface area contributed by atoms with Crippen molar-refractivity contribution in [3.63, 3.8) is 0 Å². The Bertz CT molecular complexity index is 582. The molecular weight excluding hydrogens is 260 g/mol. The van der Waals surface area contributed by atoms with E-state index >= 15 is 0 Å². The normalized spacial score (nSPS) is 20.4. The van der Waals surface area contributed by atoms with Gasteiger partial charge in [-0.05, 0) is 13.3 Å². The van der Waals surface area contributed by atoms with Crippen LogP contribution in [-0.2, 0) is 0 Å². The summed E-state index contributed by atoms with van der Waals surface area (Å²) in [5.74, 6) is 1.19. The van der Waals surface area contributed by atoms with E-state index in [4.69, 9.17) is 10.3 Å². The molecule has 106 valence electrons. The molecule has 0 radical (unpaired) electrons. The Labute approximate surface area is 115 Å². The molecule has 1 saturated heterocycles. The third-order valence-corrected chi connectivity index (χ3v) is 3.21. The smallest absolute Gasteiger partial charge is 0.261 e. The number of hydrogen-bond donors (Lipinski definition) is 2. The Hall–Kier alpha value is -2.06. The quantitative estimate of drug-likeness (QED) is 0.812. The first-order valence-corrected chi connectivity index (χ1v) is 6.48. The first-order valence-electron chi connectivity index (χ1n) is 6.48. The lowest BCUT2D eigenvalue weighted by Gasteiger charge is -2.14. The van der Waals surface area contributed by atoms with Crippen molar-refractivity contribution in [2.75, 3.05) is 18.0 Å². The van der Waals surface area contributed by atoms with Gasteiger partial charge < -0.3 is 20.3 Å². The molecule has 3 N–H and O–H groups in total. The molecule has 0 amide bonds. The summed E-state index contributed by atoms with van der Waals surface area (Å²) in [5, 5.41) is 13.0. The summed E-state index contributed by atoms with van der Waals surface area (Å²) in [6.07, 6.45) is 3.45. The lowest BCUT2D eigenvalue weighted by molar-refractivity contribution is 0.184. The molecule has 2 atom stereocenters. The molecule has 1 aliphatic rings. The van der Waals surface area contributed by atoms with Gasteiger partial charge in [0.15, 0.2) is 5.82 Å². The van der Waals surface area contributed by atoms with Crippen LogP contribution in [0.4, 0.5) is 5.95 Å². The zero-order valence-electron chi connectivity index (χ0n) is 11.1. The standard InChI is InChI=1S/C12H16N6O2/c1-7(19)10-16-11(20-17-10)8-4-14-12(15-5-8)18-3-2-9(13)6-18/h4-5,7,9,19H,2-3,6,13H2,1H3. The minimum absolute atomic E-state index is 0.183. The van der Waals surface area contributed by atoms with E-state index in [1.807, 2.05) is 4.90 Å². The Morgan fingerprint density at radius 3 is 2.75 bits per heavy atom. The third-order valence-electron chi connectivity index (χ3n) is 3.21. The van der Waals surface area contributed by atoms with Crippen molar-refractivity contribution in [2.45, 2.75) is 25.5 Å². The summed E-state index contributed by atoms with van der Waals surface area (Å²) in [6, 6.07) is 0.183. The van der Waals surface area contributed by atoms with Gasteiger partial charge in [0.2, 0.25) is 5.95 Å². The van der Waals surface area contributed by atoms with E-state index in [1.54, 1.807) is 19.3 Å². The second-order valence-corrected chi connectivity index (χ2v) is 4.90. The first kappa shape index (κ1) is 12.9. The second-order valence-electron chi connectivity index (χ2n) is 4.90. The summed E-state index contributed by atoms with van der Waals surface area (Å²) in [6.45, 7) is 3.21. The maximum absolute atomic E-state index is 9.36. The molecule has 3 rings (SSSR count). The van der Waals surface area contributed by atoms with Crippen LogP contribution in [-0.4, -0.2) is 44.3 Å². The van der Waals surface area contributed by atoms with Crippen LogP contribution in [0.1, 0.15) is 25.3 Å². The van der Waals surface area contributed by atoms with E-state index in [2.05, 4.69) is 20.1 Å². The van der Waals surface area contributed by atoms with Gasteiger partial charge in [0.25, 0.3) is 5.89 Å². The van der Waals surface area contributed by atoms with Crippen molar-refractivity contribution in [2.24, 2.45) is 5.73 Å². The highest BCUT2D eigenvalue weighted by atomic mass is 16.5. The van der Waals surface area contributed by atoms with E-state index < -0.39 is 6.10 Å². The van der Waals surface area contributed by atoms with E-state index in [0.717, 1.165) is 19.5 Å². The van der Waals surface area contributed by atoms with Gasteiger partial charge >= 0.3 is 0 Å². The average Bonchev–Trinajstić information content (AvgIpc) is 3.08. The molecule has 3 heterocycles. The summed E-state index contributed by atoms with van der Waals surface area (Å²) in [4.78, 5) is 14.7. The molecule has 0 aromatic carbocycles. The zero-order valence-corrected chi connectivity index (χ0v) is 11.1. The highest BCUT2D eigenvalue weighted by Gasteiger charge is 2.21. The summed E-state index contributed by atoms with van der Waals surface area (Å²) < 4.78 is 5.06. The van der Waals surface area contributed by atoms with Crippen LogP contribution in [0.15, 0.2) is 16.9 Å². The molecule has 0 aliphatic carbocycles. The van der Waals surface area contributed by atoms with Crippen LogP contribution < -0.4 is 10.6 Å². The monoisotopic (exact) mass is 276 g/mol. The van der Waals surface area contributed by atoms with Gasteiger partial charge in [0.1, 0.15) is 6.10 Å². The number of aliphatic hydroxyl groups is 1. The molecule has 1 aliphatic heterocycles. The Morgan fingerprint density at radius 1 is 1.45 bits per heavy atom. The predicted octanol–water partition coefficient (Wildman–Crippen LogP) is 0.117. The van der Waals surface area contributed by atoms with E-state index in [9.17, 15) is 5.11 Å².